The van der Waals surface area contributed by atoms with E-state index >= 15 is 0 Å². The Balaban J connectivity index is 1.18. The van der Waals surface area contributed by atoms with Crippen molar-refractivity contribution in [1.82, 2.24) is 29.5 Å². The summed E-state index contributed by atoms with van der Waals surface area (Å²) in [5, 5.41) is 5.67. The quantitative estimate of drug-likeness (QED) is 0.336. The maximum atomic E-state index is 12.9. The van der Waals surface area contributed by atoms with Gasteiger partial charge in [0.25, 0.3) is 0 Å². The van der Waals surface area contributed by atoms with Gasteiger partial charge in [0, 0.05) is 43.9 Å². The fourth-order valence-electron chi connectivity index (χ4n) is 5.34. The minimum Gasteiger partial charge on any atom is -0.457 e. The number of aromatic nitrogens is 4. The van der Waals surface area contributed by atoms with Crippen LogP contribution in [0.2, 0.25) is 0 Å². The fraction of sp³-hybridized carbons (Fsp3) is 0.333. The largest absolute Gasteiger partial charge is 0.457 e. The van der Waals surface area contributed by atoms with Crippen molar-refractivity contribution in [3.8, 4) is 22.8 Å². The van der Waals surface area contributed by atoms with E-state index in [-0.39, 0.29) is 11.9 Å². The van der Waals surface area contributed by atoms with Gasteiger partial charge in [-0.05, 0) is 56.3 Å². The molecule has 0 saturated carbocycles. The fourth-order valence-corrected chi connectivity index (χ4v) is 5.34. The molecular formula is C30H33N7O3. The number of fused-ring (bicyclic) bond motifs is 1. The van der Waals surface area contributed by atoms with Crippen molar-refractivity contribution in [3.05, 3.63) is 73.1 Å². The molecular weight excluding hydrogens is 506 g/mol. The van der Waals surface area contributed by atoms with Gasteiger partial charge in [-0.25, -0.2) is 14.6 Å². The molecule has 2 saturated heterocycles. The molecule has 2 N–H and O–H groups in total. The number of ether oxygens (including phenoxy) is 2. The highest BCUT2D eigenvalue weighted by molar-refractivity contribution is 5.98. The van der Waals surface area contributed by atoms with Crippen LogP contribution in [0.3, 0.4) is 0 Å². The Morgan fingerprint density at radius 1 is 1.12 bits per heavy atom. The van der Waals surface area contributed by atoms with E-state index in [4.69, 9.17) is 20.3 Å². The van der Waals surface area contributed by atoms with Crippen LogP contribution in [-0.4, -0.2) is 81.4 Å². The molecule has 0 radical (unpaired) electrons. The molecule has 10 nitrogen and oxygen atoms in total. The molecule has 10 heteroatoms. The molecule has 4 heterocycles. The molecule has 206 valence electrons. The van der Waals surface area contributed by atoms with Gasteiger partial charge in [-0.2, -0.15) is 5.10 Å². The summed E-state index contributed by atoms with van der Waals surface area (Å²) in [7, 11) is 2.07. The number of amides is 1. The standard InChI is InChI=1S/C30H33N7O3/c1-35(23-14-17-39-19-23)15-5-8-26(38)36-16-13-22(18-36)37-30-27(29(31)32-20-33-30)28(34-37)21-9-11-25(12-10-21)40-24-6-3-2-4-7-24/h2-12,20,22-23H,13-19H2,1H3,(H2,31,32,33)/b8-5+/t22-,23-/m1/s1. The van der Waals surface area contributed by atoms with Crippen molar-refractivity contribution < 1.29 is 14.3 Å². The van der Waals surface area contributed by atoms with Crippen molar-refractivity contribution in [2.75, 3.05) is 45.6 Å². The number of hydrogen-bond donors (Lipinski definition) is 1. The Morgan fingerprint density at radius 3 is 2.70 bits per heavy atom. The zero-order valence-corrected chi connectivity index (χ0v) is 22.5. The summed E-state index contributed by atoms with van der Waals surface area (Å²) in [6.07, 6.45) is 6.90. The monoisotopic (exact) mass is 539 g/mol. The van der Waals surface area contributed by atoms with E-state index in [2.05, 4.69) is 21.9 Å². The van der Waals surface area contributed by atoms with Crippen molar-refractivity contribution in [1.29, 1.82) is 0 Å². The Morgan fingerprint density at radius 2 is 1.93 bits per heavy atom. The molecule has 4 aromatic rings. The summed E-state index contributed by atoms with van der Waals surface area (Å²) in [6, 6.07) is 17.8. The molecule has 1 amide bonds. The molecule has 0 unspecified atom stereocenters. The second kappa shape index (κ2) is 11.4. The Kier molecular flexibility index (Phi) is 7.43. The summed E-state index contributed by atoms with van der Waals surface area (Å²) in [6.45, 7) is 3.49. The van der Waals surface area contributed by atoms with E-state index in [1.165, 1.54) is 6.33 Å². The molecule has 6 rings (SSSR count). The van der Waals surface area contributed by atoms with Gasteiger partial charge < -0.3 is 20.1 Å². The van der Waals surface area contributed by atoms with Crippen LogP contribution in [0, 0.1) is 0 Å². The summed E-state index contributed by atoms with van der Waals surface area (Å²) >= 11 is 0. The van der Waals surface area contributed by atoms with Crippen molar-refractivity contribution in [3.63, 3.8) is 0 Å². The number of nitrogen functional groups attached to an aromatic ring is 1. The van der Waals surface area contributed by atoms with Gasteiger partial charge in [0.15, 0.2) is 5.65 Å². The van der Waals surface area contributed by atoms with E-state index in [9.17, 15) is 4.79 Å². The Hall–Kier alpha value is -4.28. The van der Waals surface area contributed by atoms with Gasteiger partial charge in [-0.1, -0.05) is 24.3 Å². The second-order valence-corrected chi connectivity index (χ2v) is 10.3. The lowest BCUT2D eigenvalue weighted by Crippen LogP contribution is -2.32. The molecule has 0 aliphatic carbocycles. The Labute approximate surface area is 233 Å². The summed E-state index contributed by atoms with van der Waals surface area (Å²) in [5.74, 6) is 1.89. The lowest BCUT2D eigenvalue weighted by atomic mass is 10.1. The molecule has 2 fully saturated rings. The average molecular weight is 540 g/mol. The SMILES string of the molecule is CN(C/C=C/C(=O)N1CC[C@@H](n2nc(-c3ccc(Oc4ccccc4)cc3)c3c(N)ncnc32)C1)[C@@H]1CCOC1. The lowest BCUT2D eigenvalue weighted by Gasteiger charge is -2.21. The Bertz CT molecular complexity index is 1500. The van der Waals surface area contributed by atoms with Crippen LogP contribution in [0.4, 0.5) is 5.82 Å². The topological polar surface area (TPSA) is 112 Å². The number of carbonyl (C=O) groups is 1. The van der Waals surface area contributed by atoms with Crippen molar-refractivity contribution in [2.24, 2.45) is 0 Å². The van der Waals surface area contributed by atoms with E-state index in [1.807, 2.05) is 70.3 Å². The van der Waals surface area contributed by atoms with Crippen LogP contribution >= 0.6 is 0 Å². The zero-order chi connectivity index (χ0) is 27.5. The number of carbonyl (C=O) groups excluding carboxylic acids is 1. The molecule has 2 aromatic carbocycles. The highest BCUT2D eigenvalue weighted by Gasteiger charge is 2.30. The highest BCUT2D eigenvalue weighted by Crippen LogP contribution is 2.35. The first-order valence-corrected chi connectivity index (χ1v) is 13.6. The normalized spacial score (nSPS) is 19.3. The zero-order valence-electron chi connectivity index (χ0n) is 22.5. The average Bonchev–Trinajstić information content (AvgIpc) is 3.75. The van der Waals surface area contributed by atoms with Gasteiger partial charge in [0.05, 0.1) is 18.0 Å². The predicted octanol–water partition coefficient (Wildman–Crippen LogP) is 3.92. The number of likely N-dealkylation sites (N-methyl/N-ethyl adjacent to an activating group) is 1. The number of rotatable bonds is 8. The first kappa shape index (κ1) is 26.0. The number of benzene rings is 2. The van der Waals surface area contributed by atoms with Gasteiger partial charge in [-0.15, -0.1) is 0 Å². The van der Waals surface area contributed by atoms with Crippen LogP contribution in [0.1, 0.15) is 18.9 Å². The van der Waals surface area contributed by atoms with Crippen LogP contribution < -0.4 is 10.5 Å². The third kappa shape index (κ3) is 5.41. The summed E-state index contributed by atoms with van der Waals surface area (Å²) in [4.78, 5) is 25.8. The third-order valence-corrected chi connectivity index (χ3v) is 7.63. The van der Waals surface area contributed by atoms with Gasteiger partial charge in [-0.3, -0.25) is 9.69 Å². The number of nitrogens with two attached hydrogens (primary N) is 1. The van der Waals surface area contributed by atoms with Crippen LogP contribution in [-0.2, 0) is 9.53 Å². The molecule has 2 aliphatic rings. The van der Waals surface area contributed by atoms with E-state index in [0.29, 0.717) is 41.7 Å². The number of hydrogen-bond acceptors (Lipinski definition) is 8. The first-order valence-electron chi connectivity index (χ1n) is 13.6. The number of anilines is 1. The van der Waals surface area contributed by atoms with Gasteiger partial charge in [0.1, 0.15) is 29.3 Å². The minimum atomic E-state index is -0.0121. The van der Waals surface area contributed by atoms with Crippen LogP contribution in [0.5, 0.6) is 11.5 Å². The molecule has 2 aliphatic heterocycles. The molecule has 2 atom stereocenters. The number of likely N-dealkylation sites (tertiary alicyclic amines) is 1. The maximum absolute atomic E-state index is 12.9. The minimum absolute atomic E-state index is 0.0121. The third-order valence-electron chi connectivity index (χ3n) is 7.63. The highest BCUT2D eigenvalue weighted by atomic mass is 16.5. The van der Waals surface area contributed by atoms with Crippen molar-refractivity contribution in [2.45, 2.75) is 24.9 Å². The number of nitrogens with zero attached hydrogens (tertiary/aromatic N) is 6. The summed E-state index contributed by atoms with van der Waals surface area (Å²) in [5.41, 5.74) is 8.59. The summed E-state index contributed by atoms with van der Waals surface area (Å²) < 4.78 is 13.3. The van der Waals surface area contributed by atoms with Gasteiger partial charge >= 0.3 is 0 Å². The molecule has 40 heavy (non-hydrogen) atoms. The van der Waals surface area contributed by atoms with E-state index in [1.54, 1.807) is 6.08 Å². The number of para-hydroxylation sites is 1. The smallest absolute Gasteiger partial charge is 0.246 e. The van der Waals surface area contributed by atoms with Crippen LogP contribution in [0.15, 0.2) is 73.1 Å². The van der Waals surface area contributed by atoms with E-state index < -0.39 is 0 Å². The molecule has 0 spiro atoms. The van der Waals surface area contributed by atoms with Crippen molar-refractivity contribution >= 4 is 22.8 Å². The van der Waals surface area contributed by atoms with E-state index in [0.717, 1.165) is 49.7 Å². The maximum Gasteiger partial charge on any atom is 0.246 e. The first-order chi connectivity index (χ1) is 19.6. The second-order valence-electron chi connectivity index (χ2n) is 10.3. The molecule has 0 bridgehead atoms. The van der Waals surface area contributed by atoms with Gasteiger partial charge in [0.2, 0.25) is 5.91 Å². The lowest BCUT2D eigenvalue weighted by molar-refractivity contribution is -0.125. The van der Waals surface area contributed by atoms with Crippen LogP contribution in [0.25, 0.3) is 22.3 Å². The predicted molar refractivity (Wildman–Crippen MR) is 153 cm³/mol. The molecule has 2 aromatic heterocycles.